The minimum absolute atomic E-state index is 0.915. The molecule has 2 aromatic heterocycles. The van der Waals surface area contributed by atoms with Crippen LogP contribution in [0.4, 0.5) is 0 Å². The average Bonchev–Trinajstić information content (AvgIpc) is 2.94. The molecule has 3 aromatic rings. The van der Waals surface area contributed by atoms with Crippen LogP contribution >= 0.6 is 0 Å². The van der Waals surface area contributed by atoms with Gasteiger partial charge in [-0.2, -0.15) is 5.10 Å². The predicted octanol–water partition coefficient (Wildman–Crippen LogP) is 2.73. The molecule has 17 heavy (non-hydrogen) atoms. The Morgan fingerprint density at radius 2 is 1.94 bits per heavy atom. The standard InChI is InChI=1S/C14H10N3/c1-2-8-15-14(7-1)12-5-3-6-13(11-12)17-10-4-9-16-17/h1-10H/q-1. The lowest BCUT2D eigenvalue weighted by Crippen LogP contribution is -1.94. The summed E-state index contributed by atoms with van der Waals surface area (Å²) in [5.74, 6) is 0. The third-order valence-electron chi connectivity index (χ3n) is 2.47. The fourth-order valence-electron chi connectivity index (χ4n) is 1.67. The first-order valence-corrected chi connectivity index (χ1v) is 5.37. The molecule has 3 heteroatoms. The van der Waals surface area contributed by atoms with Gasteiger partial charge < -0.3 is 4.98 Å². The Hall–Kier alpha value is -2.42. The van der Waals surface area contributed by atoms with Crippen molar-refractivity contribution in [1.29, 1.82) is 0 Å². The van der Waals surface area contributed by atoms with Gasteiger partial charge in [-0.15, -0.1) is 29.8 Å². The van der Waals surface area contributed by atoms with E-state index in [-0.39, 0.29) is 0 Å². The Bertz CT molecular complexity index is 600. The van der Waals surface area contributed by atoms with Gasteiger partial charge in [0.1, 0.15) is 0 Å². The minimum atomic E-state index is 0.915. The van der Waals surface area contributed by atoms with E-state index in [9.17, 15) is 0 Å². The lowest BCUT2D eigenvalue weighted by atomic mass is 10.1. The van der Waals surface area contributed by atoms with Crippen molar-refractivity contribution in [3.8, 4) is 16.9 Å². The SMILES string of the molecule is [c-]1c(-c2ccccn2)cccc1-n1cccn1. The van der Waals surface area contributed by atoms with Crippen LogP contribution in [0.25, 0.3) is 16.9 Å². The number of benzene rings is 1. The van der Waals surface area contributed by atoms with Gasteiger partial charge in [-0.3, -0.25) is 4.68 Å². The number of rotatable bonds is 2. The summed E-state index contributed by atoms with van der Waals surface area (Å²) in [7, 11) is 0. The summed E-state index contributed by atoms with van der Waals surface area (Å²) in [6, 6.07) is 17.0. The summed E-state index contributed by atoms with van der Waals surface area (Å²) in [6.45, 7) is 0. The molecule has 0 atom stereocenters. The number of nitrogens with zero attached hydrogens (tertiary/aromatic N) is 3. The van der Waals surface area contributed by atoms with Crippen molar-refractivity contribution in [2.75, 3.05) is 0 Å². The fraction of sp³-hybridized carbons (Fsp3) is 0. The molecule has 3 nitrogen and oxygen atoms in total. The smallest absolute Gasteiger partial charge is 0.0493 e. The van der Waals surface area contributed by atoms with E-state index in [2.05, 4.69) is 16.1 Å². The second-order valence-corrected chi connectivity index (χ2v) is 3.62. The molecular weight excluding hydrogens is 210 g/mol. The third kappa shape index (κ3) is 1.95. The van der Waals surface area contributed by atoms with Crippen LogP contribution in [0.1, 0.15) is 0 Å². The molecule has 0 amide bonds. The molecule has 0 aliphatic rings. The molecule has 0 radical (unpaired) electrons. The van der Waals surface area contributed by atoms with Gasteiger partial charge in [0.2, 0.25) is 0 Å². The van der Waals surface area contributed by atoms with Crippen LogP contribution in [0.2, 0.25) is 0 Å². The van der Waals surface area contributed by atoms with Crippen LogP contribution in [0.3, 0.4) is 0 Å². The Kier molecular flexibility index (Phi) is 2.43. The number of hydrogen-bond donors (Lipinski definition) is 0. The van der Waals surface area contributed by atoms with Crippen molar-refractivity contribution in [2.24, 2.45) is 0 Å². The lowest BCUT2D eigenvalue weighted by Gasteiger charge is -2.11. The molecular formula is C14H10N3-. The molecule has 0 fully saturated rings. The van der Waals surface area contributed by atoms with Gasteiger partial charge in [0.25, 0.3) is 0 Å². The van der Waals surface area contributed by atoms with Crippen LogP contribution in [-0.4, -0.2) is 14.8 Å². The molecule has 2 heterocycles. The lowest BCUT2D eigenvalue weighted by molar-refractivity contribution is 0.879. The first kappa shape index (κ1) is 9.78. The molecule has 0 N–H and O–H groups in total. The van der Waals surface area contributed by atoms with Gasteiger partial charge in [-0.05, 0) is 23.5 Å². The first-order valence-electron chi connectivity index (χ1n) is 5.37. The van der Waals surface area contributed by atoms with Crippen LogP contribution in [0.15, 0.2) is 61.1 Å². The second kappa shape index (κ2) is 4.22. The number of pyridine rings is 1. The highest BCUT2D eigenvalue weighted by atomic mass is 15.3. The van der Waals surface area contributed by atoms with E-state index >= 15 is 0 Å². The topological polar surface area (TPSA) is 30.7 Å². The quantitative estimate of drug-likeness (QED) is 0.622. The summed E-state index contributed by atoms with van der Waals surface area (Å²) in [4.78, 5) is 4.31. The Balaban J connectivity index is 2.06. The zero-order valence-electron chi connectivity index (χ0n) is 9.12. The molecule has 0 saturated heterocycles. The normalized spacial score (nSPS) is 10.4. The first-order chi connectivity index (χ1) is 8.43. The van der Waals surface area contributed by atoms with E-state index in [4.69, 9.17) is 0 Å². The number of aromatic nitrogens is 3. The summed E-state index contributed by atoms with van der Waals surface area (Å²) in [5, 5.41) is 4.19. The van der Waals surface area contributed by atoms with Crippen molar-refractivity contribution in [1.82, 2.24) is 14.8 Å². The second-order valence-electron chi connectivity index (χ2n) is 3.62. The summed E-state index contributed by atoms with van der Waals surface area (Å²) in [6.07, 6.45) is 5.43. The maximum atomic E-state index is 4.31. The van der Waals surface area contributed by atoms with Gasteiger partial charge in [0.15, 0.2) is 0 Å². The molecule has 82 valence electrons. The third-order valence-corrected chi connectivity index (χ3v) is 2.47. The van der Waals surface area contributed by atoms with E-state index < -0.39 is 0 Å². The van der Waals surface area contributed by atoms with Crippen molar-refractivity contribution in [3.63, 3.8) is 0 Å². The highest BCUT2D eigenvalue weighted by Gasteiger charge is 1.93. The van der Waals surface area contributed by atoms with Crippen LogP contribution in [0, 0.1) is 6.07 Å². The van der Waals surface area contributed by atoms with E-state index in [1.807, 2.05) is 48.7 Å². The van der Waals surface area contributed by atoms with Crippen LogP contribution in [-0.2, 0) is 0 Å². The summed E-state index contributed by atoms with van der Waals surface area (Å²) >= 11 is 0. The van der Waals surface area contributed by atoms with Gasteiger partial charge in [0, 0.05) is 18.6 Å². The van der Waals surface area contributed by atoms with Gasteiger partial charge in [-0.1, -0.05) is 12.1 Å². The largest absolute Gasteiger partial charge is 0.305 e. The Morgan fingerprint density at radius 1 is 0.941 bits per heavy atom. The minimum Gasteiger partial charge on any atom is -0.305 e. The molecule has 1 aromatic carbocycles. The van der Waals surface area contributed by atoms with E-state index in [1.165, 1.54) is 0 Å². The number of hydrogen-bond acceptors (Lipinski definition) is 2. The molecule has 0 aliphatic heterocycles. The molecule has 0 unspecified atom stereocenters. The maximum absolute atomic E-state index is 4.31. The van der Waals surface area contributed by atoms with Gasteiger partial charge in [-0.25, -0.2) is 0 Å². The van der Waals surface area contributed by atoms with Crippen molar-refractivity contribution >= 4 is 0 Å². The van der Waals surface area contributed by atoms with Crippen molar-refractivity contribution < 1.29 is 0 Å². The molecule has 0 bridgehead atoms. The molecule has 0 saturated carbocycles. The zero-order chi connectivity index (χ0) is 11.5. The molecule has 0 spiro atoms. The molecule has 0 aliphatic carbocycles. The monoisotopic (exact) mass is 220 g/mol. The summed E-state index contributed by atoms with van der Waals surface area (Å²) < 4.78 is 1.78. The Morgan fingerprint density at radius 3 is 2.71 bits per heavy atom. The fourth-order valence-corrected chi connectivity index (χ4v) is 1.67. The van der Waals surface area contributed by atoms with Gasteiger partial charge in [0.05, 0.1) is 0 Å². The predicted molar refractivity (Wildman–Crippen MR) is 65.6 cm³/mol. The van der Waals surface area contributed by atoms with Crippen LogP contribution < -0.4 is 0 Å². The van der Waals surface area contributed by atoms with Crippen molar-refractivity contribution in [3.05, 3.63) is 67.1 Å². The summed E-state index contributed by atoms with van der Waals surface area (Å²) in [5.41, 5.74) is 2.80. The highest BCUT2D eigenvalue weighted by Crippen LogP contribution is 2.18. The zero-order valence-corrected chi connectivity index (χ0v) is 9.12. The highest BCUT2D eigenvalue weighted by molar-refractivity contribution is 5.60. The maximum Gasteiger partial charge on any atom is 0.0493 e. The van der Waals surface area contributed by atoms with Gasteiger partial charge >= 0.3 is 0 Å². The van der Waals surface area contributed by atoms with Crippen molar-refractivity contribution in [2.45, 2.75) is 0 Å². The molecule has 3 rings (SSSR count). The van der Waals surface area contributed by atoms with E-state index in [0.717, 1.165) is 16.9 Å². The van der Waals surface area contributed by atoms with E-state index in [1.54, 1.807) is 17.1 Å². The van der Waals surface area contributed by atoms with Crippen LogP contribution in [0.5, 0.6) is 0 Å². The Labute approximate surface area is 99.4 Å². The van der Waals surface area contributed by atoms with E-state index in [0.29, 0.717) is 0 Å². The average molecular weight is 220 g/mol.